The molecule has 0 spiro atoms. The monoisotopic (exact) mass is 946 g/mol. The Bertz CT molecular complexity index is 2320. The van der Waals surface area contributed by atoms with Crippen molar-refractivity contribution in [2.45, 2.75) is 68.2 Å². The van der Waals surface area contributed by atoms with Crippen LogP contribution in [0.1, 0.15) is 98.8 Å². The van der Waals surface area contributed by atoms with Gasteiger partial charge in [-0.2, -0.15) is 19.2 Å². The maximum atomic E-state index is 12.7. The van der Waals surface area contributed by atoms with E-state index in [2.05, 4.69) is 29.3 Å². The van der Waals surface area contributed by atoms with Gasteiger partial charge in [-0.15, -0.1) is 0 Å². The molecule has 0 fully saturated rings. The van der Waals surface area contributed by atoms with Crippen LogP contribution in [0.5, 0.6) is 0 Å². The number of carbonyl (C=O) groups is 8. The predicted octanol–water partition coefficient (Wildman–Crippen LogP) is 9.17. The number of carbonyl (C=O) groups excluding carboxylic acids is 8. The van der Waals surface area contributed by atoms with Gasteiger partial charge in [0.15, 0.2) is 0 Å². The van der Waals surface area contributed by atoms with Crippen LogP contribution in [-0.4, -0.2) is 74.9 Å². The van der Waals surface area contributed by atoms with E-state index >= 15 is 0 Å². The molecule has 0 aliphatic carbocycles. The van der Waals surface area contributed by atoms with E-state index in [1.54, 1.807) is 104 Å². The summed E-state index contributed by atoms with van der Waals surface area (Å²) in [5.41, 5.74) is 5.90. The van der Waals surface area contributed by atoms with Gasteiger partial charge in [-0.1, -0.05) is 48.5 Å². The summed E-state index contributed by atoms with van der Waals surface area (Å²) in [6.07, 6.45) is -6.34. The minimum atomic E-state index is -1.49. The quantitative estimate of drug-likeness (QED) is 0.0466. The number of hydrogen-bond acceptors (Lipinski definition) is 20. The first-order valence-electron chi connectivity index (χ1n) is 20.8. The van der Waals surface area contributed by atoms with Gasteiger partial charge < -0.3 is 18.9 Å². The van der Waals surface area contributed by atoms with E-state index in [9.17, 15) is 38.4 Å². The van der Waals surface area contributed by atoms with E-state index in [1.165, 1.54) is 24.3 Å². The molecule has 0 aliphatic rings. The van der Waals surface area contributed by atoms with Crippen molar-refractivity contribution in [2.24, 2.45) is 11.8 Å². The van der Waals surface area contributed by atoms with E-state index in [0.29, 0.717) is 22.3 Å². The smallest absolute Gasteiger partial charge is 0.432 e. The summed E-state index contributed by atoms with van der Waals surface area (Å²) < 4.78 is 20.6. The summed E-state index contributed by atoms with van der Waals surface area (Å²) in [6, 6.07) is 19.3. The largest absolute Gasteiger partial charge is 0.549 e. The molecule has 0 radical (unpaired) electrons. The number of hydrogen-bond donors (Lipinski definition) is 0. The molecule has 0 saturated carbocycles. The van der Waals surface area contributed by atoms with E-state index in [-0.39, 0.29) is 35.1 Å². The van der Waals surface area contributed by atoms with E-state index < -0.39 is 86.8 Å². The average molecular weight is 947 g/mol. The Balaban J connectivity index is 1.46. The van der Waals surface area contributed by atoms with Crippen LogP contribution in [0.25, 0.3) is 0 Å². The summed E-state index contributed by atoms with van der Waals surface area (Å²) in [4.78, 5) is 138. The van der Waals surface area contributed by atoms with Crippen LogP contribution in [0.4, 0.5) is 19.2 Å². The molecule has 2 atom stereocenters. The zero-order chi connectivity index (χ0) is 49.9. The Morgan fingerprint density at radius 2 is 0.574 bits per heavy atom. The number of rotatable bonds is 15. The maximum Gasteiger partial charge on any atom is 0.549 e. The van der Waals surface area contributed by atoms with Gasteiger partial charge in [0, 0.05) is 11.8 Å². The third kappa shape index (κ3) is 15.5. The average Bonchev–Trinajstić information content (AvgIpc) is 3.31. The van der Waals surface area contributed by atoms with Crippen molar-refractivity contribution in [2.75, 3.05) is 26.4 Å². The first-order chi connectivity index (χ1) is 32.4. The third-order valence-corrected chi connectivity index (χ3v) is 11.0. The first kappa shape index (κ1) is 52.5. The van der Waals surface area contributed by atoms with E-state index in [4.69, 9.17) is 28.7 Å². The summed E-state index contributed by atoms with van der Waals surface area (Å²) in [5.74, 6) is -6.00. The molecule has 362 valence electrons. The molecule has 0 aromatic heterocycles. The van der Waals surface area contributed by atoms with Crippen molar-refractivity contribution in [3.05, 3.63) is 140 Å². The lowest BCUT2D eigenvalue weighted by molar-refractivity contribution is -0.208. The molecule has 0 saturated heterocycles. The highest BCUT2D eigenvalue weighted by molar-refractivity contribution is 5.93. The standard InChI is InChI=1S/C48H50O20/c1-27-13-9-17-37(31(27)5)41(49)61-65-45(53)57-23-21-35(25-59-47(55)67-63-43(51)39-19-11-15-29(3)33(39)7)36(26-60-48(56)68-64-44(52)40-20-12-16-30(4)34(40)8)22-24-58-46(54)66-62-42(50)38-18-10-14-28(2)32(38)6/h9-20,35-36H,21-26H2,1-8H3. The van der Waals surface area contributed by atoms with Gasteiger partial charge in [0.05, 0.1) is 48.7 Å². The van der Waals surface area contributed by atoms with Gasteiger partial charge in [0.1, 0.15) is 0 Å². The van der Waals surface area contributed by atoms with Gasteiger partial charge in [0.25, 0.3) is 0 Å². The molecule has 4 aromatic carbocycles. The van der Waals surface area contributed by atoms with Crippen molar-refractivity contribution in [1.82, 2.24) is 0 Å². The third-order valence-electron chi connectivity index (χ3n) is 11.0. The molecule has 20 heteroatoms. The zero-order valence-electron chi connectivity index (χ0n) is 38.5. The first-order valence-corrected chi connectivity index (χ1v) is 20.8. The van der Waals surface area contributed by atoms with Crippen LogP contribution < -0.4 is 0 Å². The summed E-state index contributed by atoms with van der Waals surface area (Å²) in [7, 11) is 0. The van der Waals surface area contributed by atoms with Crippen molar-refractivity contribution in [3.8, 4) is 0 Å². The van der Waals surface area contributed by atoms with Crippen LogP contribution >= 0.6 is 0 Å². The summed E-state index contributed by atoms with van der Waals surface area (Å²) in [6.45, 7) is 11.5. The summed E-state index contributed by atoms with van der Waals surface area (Å²) in [5, 5.41) is 0. The molecule has 68 heavy (non-hydrogen) atoms. The van der Waals surface area contributed by atoms with Crippen LogP contribution in [0.15, 0.2) is 72.8 Å². The second-order valence-electron chi connectivity index (χ2n) is 15.2. The fourth-order valence-electron chi connectivity index (χ4n) is 6.30. The topological polar surface area (TPSA) is 247 Å². The van der Waals surface area contributed by atoms with E-state index in [1.807, 2.05) is 0 Å². The summed E-state index contributed by atoms with van der Waals surface area (Å²) >= 11 is 0. The molecular formula is C48H50O20. The fraction of sp³-hybridized carbons (Fsp3) is 0.333. The van der Waals surface area contributed by atoms with E-state index in [0.717, 1.165) is 22.3 Å². The van der Waals surface area contributed by atoms with Gasteiger partial charge in [0.2, 0.25) is 0 Å². The Morgan fingerprint density at radius 1 is 0.338 bits per heavy atom. The predicted molar refractivity (Wildman–Crippen MR) is 231 cm³/mol. The molecule has 0 heterocycles. The van der Waals surface area contributed by atoms with Crippen LogP contribution in [0.2, 0.25) is 0 Å². The lowest BCUT2D eigenvalue weighted by Gasteiger charge is -2.26. The van der Waals surface area contributed by atoms with Crippen molar-refractivity contribution in [1.29, 1.82) is 0 Å². The Labute approximate surface area is 390 Å². The normalized spacial score (nSPS) is 11.4. The Morgan fingerprint density at radius 3 is 0.824 bits per heavy atom. The molecule has 2 unspecified atom stereocenters. The molecule has 0 aliphatic heterocycles. The number of aryl methyl sites for hydroxylation is 4. The fourth-order valence-corrected chi connectivity index (χ4v) is 6.30. The minimum Gasteiger partial charge on any atom is -0.432 e. The van der Waals surface area contributed by atoms with Gasteiger partial charge >= 0.3 is 48.5 Å². The number of benzene rings is 4. The second-order valence-corrected chi connectivity index (χ2v) is 15.2. The maximum absolute atomic E-state index is 12.7. The SMILES string of the molecule is Cc1cccc(C(=O)OOC(=O)OCCC(COC(=O)OOC(=O)c2cccc(C)c2C)C(CCOC(=O)OOC(=O)c2cccc(C)c2C)COC(=O)OOC(=O)c2cccc(C)c2C)c1C. The highest BCUT2D eigenvalue weighted by atomic mass is 17.3. The molecule has 0 N–H and O–H groups in total. The Kier molecular flexibility index (Phi) is 19.7. The Hall–Kier alpha value is -8.16. The lowest BCUT2D eigenvalue weighted by Crippen LogP contribution is -2.30. The second kappa shape index (κ2) is 25.5. The van der Waals surface area contributed by atoms with Crippen LogP contribution in [0.3, 0.4) is 0 Å². The van der Waals surface area contributed by atoms with Gasteiger partial charge in [-0.05, 0) is 137 Å². The molecular weight excluding hydrogens is 897 g/mol. The highest BCUT2D eigenvalue weighted by Crippen LogP contribution is 2.24. The van der Waals surface area contributed by atoms with Crippen molar-refractivity contribution in [3.63, 3.8) is 0 Å². The molecule has 20 nitrogen and oxygen atoms in total. The lowest BCUT2D eigenvalue weighted by atomic mass is 9.88. The highest BCUT2D eigenvalue weighted by Gasteiger charge is 2.29. The molecule has 0 amide bonds. The molecule has 4 aromatic rings. The van der Waals surface area contributed by atoms with Crippen LogP contribution in [-0.2, 0) is 58.0 Å². The zero-order valence-corrected chi connectivity index (χ0v) is 38.5. The van der Waals surface area contributed by atoms with Crippen molar-refractivity contribution >= 4 is 48.5 Å². The van der Waals surface area contributed by atoms with Crippen LogP contribution in [0, 0.1) is 67.2 Å². The van der Waals surface area contributed by atoms with Crippen molar-refractivity contribution < 1.29 is 96.4 Å². The minimum absolute atomic E-state index is 0.113. The molecule has 0 bridgehead atoms. The molecule has 4 rings (SSSR count). The van der Waals surface area contributed by atoms with Gasteiger partial charge in [-0.3, -0.25) is 0 Å². The number of ether oxygens (including phenoxy) is 4. The van der Waals surface area contributed by atoms with Gasteiger partial charge in [-0.25, -0.2) is 58.3 Å².